The van der Waals surface area contributed by atoms with Gasteiger partial charge in [-0.2, -0.15) is 0 Å². The van der Waals surface area contributed by atoms with Crippen molar-refractivity contribution in [2.24, 2.45) is 0 Å². The molecule has 0 aliphatic heterocycles. The first-order valence-corrected chi connectivity index (χ1v) is 6.02. The van der Waals surface area contributed by atoms with Gasteiger partial charge in [-0.05, 0) is 30.3 Å². The van der Waals surface area contributed by atoms with Crippen LogP contribution >= 0.6 is 11.8 Å². The molecule has 0 amide bonds. The molecule has 0 aliphatic carbocycles. The van der Waals surface area contributed by atoms with E-state index in [0.29, 0.717) is 0 Å². The molecule has 0 unspecified atom stereocenters. The van der Waals surface area contributed by atoms with E-state index < -0.39 is 5.97 Å². The number of benzene rings is 1. The quantitative estimate of drug-likeness (QED) is 0.917. The first kappa shape index (κ1) is 12.4. The van der Waals surface area contributed by atoms with E-state index >= 15 is 0 Å². The normalized spacial score (nSPS) is 10.1. The molecule has 0 saturated carbocycles. The average Bonchev–Trinajstić information content (AvgIpc) is 2.39. The van der Waals surface area contributed by atoms with Crippen molar-refractivity contribution in [3.63, 3.8) is 0 Å². The number of methoxy groups -OCH3 is 1. The number of carboxylic acids is 1. The first-order valence-electron chi connectivity index (χ1n) is 5.20. The molecule has 2 rings (SSSR count). The Labute approximate surface area is 109 Å². The summed E-state index contributed by atoms with van der Waals surface area (Å²) in [6, 6.07) is 10.8. The molecule has 92 valence electrons. The topological polar surface area (TPSA) is 59.4 Å². The molecule has 0 atom stereocenters. The zero-order chi connectivity index (χ0) is 13.0. The largest absolute Gasteiger partial charge is 0.497 e. The first-order chi connectivity index (χ1) is 8.69. The Morgan fingerprint density at radius 1 is 1.33 bits per heavy atom. The Balaban J connectivity index is 2.15. The van der Waals surface area contributed by atoms with Crippen LogP contribution in [0, 0.1) is 0 Å². The summed E-state index contributed by atoms with van der Waals surface area (Å²) in [5, 5.41) is 9.51. The van der Waals surface area contributed by atoms with Crippen molar-refractivity contribution in [2.75, 3.05) is 7.11 Å². The maximum atomic E-state index is 10.7. The molecule has 0 spiro atoms. The van der Waals surface area contributed by atoms with Crippen LogP contribution in [0.4, 0.5) is 0 Å². The molecule has 0 aliphatic rings. The fraction of sp³-hybridized carbons (Fsp3) is 0.0769. The number of hydrogen-bond acceptors (Lipinski definition) is 4. The minimum Gasteiger partial charge on any atom is -0.497 e. The van der Waals surface area contributed by atoms with E-state index in [1.165, 1.54) is 24.0 Å². The number of carboxylic acid groups (broad SMARTS) is 1. The summed E-state index contributed by atoms with van der Waals surface area (Å²) in [5.74, 6) is -0.192. The van der Waals surface area contributed by atoms with Gasteiger partial charge in [0, 0.05) is 11.1 Å². The van der Waals surface area contributed by atoms with Crippen LogP contribution in [0.1, 0.15) is 10.4 Å². The lowest BCUT2D eigenvalue weighted by Crippen LogP contribution is -1.96. The Morgan fingerprint density at radius 2 is 2.17 bits per heavy atom. The Kier molecular flexibility index (Phi) is 3.84. The number of carbonyl (C=O) groups is 1. The number of ether oxygens (including phenoxy) is 1. The minimum absolute atomic E-state index is 0.185. The predicted octanol–water partition coefficient (Wildman–Crippen LogP) is 2.94. The van der Waals surface area contributed by atoms with Crippen LogP contribution < -0.4 is 4.74 Å². The van der Waals surface area contributed by atoms with Crippen molar-refractivity contribution in [3.05, 3.63) is 48.2 Å². The predicted molar refractivity (Wildman–Crippen MR) is 68.3 cm³/mol. The monoisotopic (exact) mass is 261 g/mol. The SMILES string of the molecule is COc1cccc(Sc2ccc(C(=O)O)cn2)c1. The van der Waals surface area contributed by atoms with Crippen molar-refractivity contribution in [2.45, 2.75) is 9.92 Å². The summed E-state index contributed by atoms with van der Waals surface area (Å²) in [6.07, 6.45) is 1.35. The third-order valence-electron chi connectivity index (χ3n) is 2.25. The molecule has 1 N–H and O–H groups in total. The lowest BCUT2D eigenvalue weighted by atomic mass is 10.3. The highest BCUT2D eigenvalue weighted by Gasteiger charge is 2.04. The summed E-state index contributed by atoms with van der Waals surface area (Å²) < 4.78 is 5.13. The highest BCUT2D eigenvalue weighted by Crippen LogP contribution is 2.28. The van der Waals surface area contributed by atoms with E-state index in [-0.39, 0.29) is 5.56 Å². The van der Waals surface area contributed by atoms with Gasteiger partial charge in [-0.3, -0.25) is 0 Å². The van der Waals surface area contributed by atoms with Crippen LogP contribution in [0.3, 0.4) is 0 Å². The van der Waals surface area contributed by atoms with Gasteiger partial charge >= 0.3 is 5.97 Å². The van der Waals surface area contributed by atoms with Gasteiger partial charge in [0.1, 0.15) is 10.8 Å². The maximum absolute atomic E-state index is 10.7. The van der Waals surface area contributed by atoms with Gasteiger partial charge in [0.05, 0.1) is 12.7 Å². The van der Waals surface area contributed by atoms with Gasteiger partial charge in [0.2, 0.25) is 0 Å². The van der Waals surface area contributed by atoms with Crippen LogP contribution in [0.25, 0.3) is 0 Å². The van der Waals surface area contributed by atoms with E-state index in [2.05, 4.69) is 4.98 Å². The van der Waals surface area contributed by atoms with Crippen molar-refractivity contribution in [1.29, 1.82) is 0 Å². The van der Waals surface area contributed by atoms with E-state index in [9.17, 15) is 4.79 Å². The number of rotatable bonds is 4. The molecule has 2 aromatic rings. The second-order valence-electron chi connectivity index (χ2n) is 3.47. The standard InChI is InChI=1S/C13H11NO3S/c1-17-10-3-2-4-11(7-10)18-12-6-5-9(8-14-12)13(15)16/h2-8H,1H3,(H,15,16). The summed E-state index contributed by atoms with van der Waals surface area (Å²) in [5.41, 5.74) is 0.185. The summed E-state index contributed by atoms with van der Waals surface area (Å²) in [6.45, 7) is 0. The van der Waals surface area contributed by atoms with Gasteiger partial charge in [0.25, 0.3) is 0 Å². The van der Waals surface area contributed by atoms with E-state index in [4.69, 9.17) is 9.84 Å². The zero-order valence-electron chi connectivity index (χ0n) is 9.66. The maximum Gasteiger partial charge on any atom is 0.337 e. The number of hydrogen-bond donors (Lipinski definition) is 1. The Morgan fingerprint density at radius 3 is 2.78 bits per heavy atom. The van der Waals surface area contributed by atoms with E-state index in [1.54, 1.807) is 13.2 Å². The van der Waals surface area contributed by atoms with Crippen LogP contribution in [0.2, 0.25) is 0 Å². The summed E-state index contributed by atoms with van der Waals surface area (Å²) >= 11 is 1.45. The van der Waals surface area contributed by atoms with Gasteiger partial charge in [0.15, 0.2) is 0 Å². The lowest BCUT2D eigenvalue weighted by Gasteiger charge is -2.03. The minimum atomic E-state index is -0.972. The van der Waals surface area contributed by atoms with Crippen LogP contribution in [-0.4, -0.2) is 23.2 Å². The highest BCUT2D eigenvalue weighted by molar-refractivity contribution is 7.99. The lowest BCUT2D eigenvalue weighted by molar-refractivity contribution is 0.0696. The second-order valence-corrected chi connectivity index (χ2v) is 4.57. The molecule has 1 aromatic carbocycles. The van der Waals surface area contributed by atoms with E-state index in [0.717, 1.165) is 15.7 Å². The third kappa shape index (κ3) is 3.01. The molecule has 1 heterocycles. The molecule has 4 nitrogen and oxygen atoms in total. The molecule has 0 saturated heterocycles. The zero-order valence-corrected chi connectivity index (χ0v) is 10.5. The fourth-order valence-corrected chi connectivity index (χ4v) is 2.16. The Hall–Kier alpha value is -2.01. The van der Waals surface area contributed by atoms with E-state index in [1.807, 2.05) is 24.3 Å². The molecular weight excluding hydrogens is 250 g/mol. The fourth-order valence-electron chi connectivity index (χ4n) is 1.35. The van der Waals surface area contributed by atoms with Crippen LogP contribution in [0.15, 0.2) is 52.5 Å². The highest BCUT2D eigenvalue weighted by atomic mass is 32.2. The number of aromatic carboxylic acids is 1. The molecule has 1 aromatic heterocycles. The number of aromatic nitrogens is 1. The van der Waals surface area contributed by atoms with Gasteiger partial charge in [-0.1, -0.05) is 17.8 Å². The van der Waals surface area contributed by atoms with Crippen molar-refractivity contribution in [1.82, 2.24) is 4.98 Å². The number of nitrogens with zero attached hydrogens (tertiary/aromatic N) is 1. The number of pyridine rings is 1. The second kappa shape index (κ2) is 5.55. The molecule has 0 radical (unpaired) electrons. The average molecular weight is 261 g/mol. The summed E-state index contributed by atoms with van der Waals surface area (Å²) in [7, 11) is 1.61. The smallest absolute Gasteiger partial charge is 0.337 e. The van der Waals surface area contributed by atoms with Crippen LogP contribution in [0.5, 0.6) is 5.75 Å². The molecule has 5 heteroatoms. The van der Waals surface area contributed by atoms with Crippen molar-refractivity contribution < 1.29 is 14.6 Å². The van der Waals surface area contributed by atoms with Crippen molar-refractivity contribution in [3.8, 4) is 5.75 Å². The van der Waals surface area contributed by atoms with Crippen molar-refractivity contribution >= 4 is 17.7 Å². The molecule has 0 fully saturated rings. The molecule has 0 bridgehead atoms. The Bertz CT molecular complexity index is 554. The van der Waals surface area contributed by atoms with Crippen LogP contribution in [-0.2, 0) is 0 Å². The van der Waals surface area contributed by atoms with Gasteiger partial charge < -0.3 is 9.84 Å². The molecular formula is C13H11NO3S. The van der Waals surface area contributed by atoms with Gasteiger partial charge in [-0.25, -0.2) is 9.78 Å². The molecule has 18 heavy (non-hydrogen) atoms. The van der Waals surface area contributed by atoms with Gasteiger partial charge in [-0.15, -0.1) is 0 Å². The summed E-state index contributed by atoms with van der Waals surface area (Å²) in [4.78, 5) is 15.8. The third-order valence-corrected chi connectivity index (χ3v) is 3.19.